The lowest BCUT2D eigenvalue weighted by molar-refractivity contribution is -0.149. The summed E-state index contributed by atoms with van der Waals surface area (Å²) >= 11 is 0. The molecule has 1 spiro atoms. The molecule has 168 valence electrons. The summed E-state index contributed by atoms with van der Waals surface area (Å²) in [5.41, 5.74) is 1.78. The molecule has 6 nitrogen and oxygen atoms in total. The minimum atomic E-state index is -0.668. The topological polar surface area (TPSA) is 61.9 Å². The summed E-state index contributed by atoms with van der Waals surface area (Å²) in [5.74, 6) is -0.432. The predicted octanol–water partition coefficient (Wildman–Crippen LogP) is 2.89. The molecule has 3 aliphatic rings. The van der Waals surface area contributed by atoms with Gasteiger partial charge in [-0.3, -0.25) is 9.69 Å². The van der Waals surface area contributed by atoms with Gasteiger partial charge in [-0.2, -0.15) is 0 Å². The van der Waals surface area contributed by atoms with Gasteiger partial charge in [-0.15, -0.1) is 0 Å². The van der Waals surface area contributed by atoms with Gasteiger partial charge in [-0.05, 0) is 51.1 Å². The molecule has 2 fully saturated rings. The zero-order chi connectivity index (χ0) is 21.7. The quantitative estimate of drug-likeness (QED) is 0.538. The van der Waals surface area contributed by atoms with E-state index in [4.69, 9.17) is 4.74 Å². The van der Waals surface area contributed by atoms with E-state index < -0.39 is 5.60 Å². The molecular formula is C25H35N3O3. The molecule has 0 aromatic heterocycles. The number of esters is 1. The van der Waals surface area contributed by atoms with E-state index in [1.165, 1.54) is 5.56 Å². The van der Waals surface area contributed by atoms with Gasteiger partial charge in [0, 0.05) is 44.8 Å². The molecule has 1 amide bonds. The molecule has 1 N–H and O–H groups in total. The number of carbonyl (C=O) groups excluding carboxylic acids is 2. The van der Waals surface area contributed by atoms with Crippen LogP contribution in [0.3, 0.4) is 0 Å². The van der Waals surface area contributed by atoms with Crippen molar-refractivity contribution in [3.8, 4) is 0 Å². The molecule has 1 aliphatic carbocycles. The van der Waals surface area contributed by atoms with Gasteiger partial charge in [0.15, 0.2) is 0 Å². The van der Waals surface area contributed by atoms with E-state index in [0.717, 1.165) is 77.8 Å². The number of hydrogen-bond acceptors (Lipinski definition) is 5. The Bertz CT molecular complexity index is 807. The molecule has 0 bridgehead atoms. The van der Waals surface area contributed by atoms with Gasteiger partial charge >= 0.3 is 5.97 Å². The second-order valence-corrected chi connectivity index (χ2v) is 9.16. The standard InChI is InChI=1S/C25H35N3O3/c1-20-22(25(31-24(20)30)11-6-3-7-12-25)23(29)26-13-8-14-27-15-17-28(18-16-27)19-21-9-4-2-5-10-21/h2,4-5,9-10H,3,6-8,11-19H2,1H3,(H,26,29). The maximum atomic E-state index is 12.9. The van der Waals surface area contributed by atoms with Gasteiger partial charge in [0.1, 0.15) is 5.60 Å². The van der Waals surface area contributed by atoms with Gasteiger partial charge in [-0.25, -0.2) is 4.79 Å². The number of amides is 1. The fourth-order valence-corrected chi connectivity index (χ4v) is 5.21. The normalized spacial score (nSPS) is 22.0. The van der Waals surface area contributed by atoms with E-state index in [1.807, 2.05) is 0 Å². The van der Waals surface area contributed by atoms with Crippen LogP contribution in [-0.2, 0) is 20.9 Å². The first kappa shape index (κ1) is 22.0. The molecule has 1 saturated heterocycles. The van der Waals surface area contributed by atoms with Crippen LogP contribution in [0.15, 0.2) is 41.5 Å². The molecule has 1 aromatic rings. The number of carbonyl (C=O) groups is 2. The van der Waals surface area contributed by atoms with E-state index in [9.17, 15) is 9.59 Å². The van der Waals surface area contributed by atoms with Crippen LogP contribution < -0.4 is 5.32 Å². The summed E-state index contributed by atoms with van der Waals surface area (Å²) in [6.45, 7) is 8.65. The number of benzene rings is 1. The molecule has 4 rings (SSSR count). The largest absolute Gasteiger partial charge is 0.451 e. The zero-order valence-corrected chi connectivity index (χ0v) is 18.7. The Morgan fingerprint density at radius 2 is 1.71 bits per heavy atom. The third-order valence-corrected chi connectivity index (χ3v) is 6.96. The number of ether oxygens (including phenoxy) is 1. The molecule has 2 heterocycles. The van der Waals surface area contributed by atoms with Crippen molar-refractivity contribution in [3.63, 3.8) is 0 Å². The van der Waals surface area contributed by atoms with Gasteiger partial charge in [0.25, 0.3) is 5.91 Å². The highest BCUT2D eigenvalue weighted by Crippen LogP contribution is 2.43. The summed E-state index contributed by atoms with van der Waals surface area (Å²) in [5, 5.41) is 3.06. The number of rotatable bonds is 7. The Morgan fingerprint density at radius 1 is 1.03 bits per heavy atom. The molecule has 1 aromatic carbocycles. The van der Waals surface area contributed by atoms with Crippen LogP contribution in [0.5, 0.6) is 0 Å². The molecule has 0 radical (unpaired) electrons. The summed E-state index contributed by atoms with van der Waals surface area (Å²) in [7, 11) is 0. The van der Waals surface area contributed by atoms with Crippen LogP contribution in [0.4, 0.5) is 0 Å². The highest BCUT2D eigenvalue weighted by Gasteiger charge is 2.49. The molecule has 0 atom stereocenters. The molecule has 31 heavy (non-hydrogen) atoms. The monoisotopic (exact) mass is 425 g/mol. The Morgan fingerprint density at radius 3 is 2.42 bits per heavy atom. The maximum absolute atomic E-state index is 12.9. The number of nitrogens with zero attached hydrogens (tertiary/aromatic N) is 2. The number of nitrogens with one attached hydrogen (secondary N) is 1. The second-order valence-electron chi connectivity index (χ2n) is 9.16. The zero-order valence-electron chi connectivity index (χ0n) is 18.7. The van der Waals surface area contributed by atoms with Crippen LogP contribution in [0.2, 0.25) is 0 Å². The maximum Gasteiger partial charge on any atom is 0.335 e. The average molecular weight is 426 g/mol. The highest BCUT2D eigenvalue weighted by atomic mass is 16.6. The van der Waals surface area contributed by atoms with E-state index in [1.54, 1.807) is 6.92 Å². The van der Waals surface area contributed by atoms with E-state index in [0.29, 0.717) is 17.7 Å². The third-order valence-electron chi connectivity index (χ3n) is 6.96. The molecular weight excluding hydrogens is 390 g/mol. The molecule has 1 saturated carbocycles. The predicted molar refractivity (Wildman–Crippen MR) is 120 cm³/mol. The minimum absolute atomic E-state index is 0.113. The average Bonchev–Trinajstić information content (AvgIpc) is 3.02. The second kappa shape index (κ2) is 9.96. The Balaban J connectivity index is 1.19. The van der Waals surface area contributed by atoms with Gasteiger partial charge in [0.2, 0.25) is 0 Å². The van der Waals surface area contributed by atoms with Gasteiger partial charge in [0.05, 0.1) is 5.57 Å². The van der Waals surface area contributed by atoms with Crippen molar-refractivity contribution < 1.29 is 14.3 Å². The first-order valence-electron chi connectivity index (χ1n) is 11.8. The molecule has 6 heteroatoms. The SMILES string of the molecule is CC1=C(C(=O)NCCCN2CCN(Cc3ccccc3)CC2)C2(CCCCC2)OC1=O. The van der Waals surface area contributed by atoms with Crippen LogP contribution in [0.25, 0.3) is 0 Å². The van der Waals surface area contributed by atoms with Crippen LogP contribution in [0.1, 0.15) is 51.0 Å². The van der Waals surface area contributed by atoms with E-state index in [-0.39, 0.29) is 11.9 Å². The Kier molecular flexibility index (Phi) is 7.08. The summed E-state index contributed by atoms with van der Waals surface area (Å²) in [6.07, 6.45) is 5.61. The molecule has 2 aliphatic heterocycles. The van der Waals surface area contributed by atoms with E-state index >= 15 is 0 Å². The van der Waals surface area contributed by atoms with Crippen molar-refractivity contribution >= 4 is 11.9 Å². The Labute approximate surface area is 185 Å². The van der Waals surface area contributed by atoms with Crippen molar-refractivity contribution in [3.05, 3.63) is 47.0 Å². The van der Waals surface area contributed by atoms with Crippen molar-refractivity contribution in [2.75, 3.05) is 39.3 Å². The van der Waals surface area contributed by atoms with Crippen molar-refractivity contribution in [1.29, 1.82) is 0 Å². The molecule has 0 unspecified atom stereocenters. The minimum Gasteiger partial charge on any atom is -0.451 e. The first-order chi connectivity index (χ1) is 15.1. The lowest BCUT2D eigenvalue weighted by Gasteiger charge is -2.35. The van der Waals surface area contributed by atoms with Crippen LogP contribution in [-0.4, -0.2) is 66.5 Å². The van der Waals surface area contributed by atoms with Crippen molar-refractivity contribution in [1.82, 2.24) is 15.1 Å². The van der Waals surface area contributed by atoms with Crippen molar-refractivity contribution in [2.24, 2.45) is 0 Å². The smallest absolute Gasteiger partial charge is 0.335 e. The van der Waals surface area contributed by atoms with Crippen LogP contribution in [0, 0.1) is 0 Å². The lowest BCUT2D eigenvalue weighted by Crippen LogP contribution is -2.46. The van der Waals surface area contributed by atoms with Crippen LogP contribution >= 0.6 is 0 Å². The first-order valence-corrected chi connectivity index (χ1v) is 11.8. The summed E-state index contributed by atoms with van der Waals surface area (Å²) < 4.78 is 5.70. The summed E-state index contributed by atoms with van der Waals surface area (Å²) in [6, 6.07) is 10.6. The van der Waals surface area contributed by atoms with E-state index in [2.05, 4.69) is 45.4 Å². The number of hydrogen-bond donors (Lipinski definition) is 1. The van der Waals surface area contributed by atoms with Gasteiger partial charge < -0.3 is 15.0 Å². The van der Waals surface area contributed by atoms with Crippen molar-refractivity contribution in [2.45, 2.75) is 57.6 Å². The third kappa shape index (κ3) is 5.18. The Hall–Kier alpha value is -2.18. The summed E-state index contributed by atoms with van der Waals surface area (Å²) in [4.78, 5) is 30.1. The lowest BCUT2D eigenvalue weighted by atomic mass is 9.78. The fourth-order valence-electron chi connectivity index (χ4n) is 5.21. The number of piperazine rings is 1. The highest BCUT2D eigenvalue weighted by molar-refractivity contribution is 6.07. The van der Waals surface area contributed by atoms with Gasteiger partial charge in [-0.1, -0.05) is 36.8 Å². The fraction of sp³-hybridized carbons (Fsp3) is 0.600.